The summed E-state index contributed by atoms with van der Waals surface area (Å²) in [5, 5.41) is 8.79. The third-order valence-corrected chi connectivity index (χ3v) is 3.36. The van der Waals surface area contributed by atoms with Gasteiger partial charge in [0.1, 0.15) is 0 Å². The molecule has 0 saturated heterocycles. The molecule has 0 aliphatic rings. The van der Waals surface area contributed by atoms with Gasteiger partial charge >= 0.3 is 0 Å². The molecule has 4 heteroatoms. The topological polar surface area (TPSA) is 42.7 Å². The van der Waals surface area contributed by atoms with Crippen LogP contribution in [0.25, 0.3) is 16.7 Å². The van der Waals surface area contributed by atoms with Gasteiger partial charge in [-0.2, -0.15) is 5.10 Å². The van der Waals surface area contributed by atoms with Gasteiger partial charge in [0.15, 0.2) is 5.82 Å². The van der Waals surface area contributed by atoms with E-state index < -0.39 is 0 Å². The first-order valence-corrected chi connectivity index (χ1v) is 6.89. The Morgan fingerprint density at radius 3 is 2.85 bits per heavy atom. The molecule has 0 unspecified atom stereocenters. The third-order valence-electron chi connectivity index (χ3n) is 3.36. The molecule has 0 spiro atoms. The Morgan fingerprint density at radius 2 is 2.05 bits per heavy atom. The second kappa shape index (κ2) is 5.43. The van der Waals surface area contributed by atoms with Crippen molar-refractivity contribution in [2.24, 2.45) is 0 Å². The normalized spacial score (nSPS) is 11.1. The molecule has 3 rings (SSSR count). The van der Waals surface area contributed by atoms with Gasteiger partial charge in [-0.3, -0.25) is 0 Å². The highest BCUT2D eigenvalue weighted by Gasteiger charge is 2.08. The van der Waals surface area contributed by atoms with Crippen LogP contribution in [0.15, 0.2) is 42.6 Å². The van der Waals surface area contributed by atoms with Crippen molar-refractivity contribution in [3.63, 3.8) is 0 Å². The monoisotopic (exact) mass is 266 g/mol. The van der Waals surface area contributed by atoms with Crippen LogP contribution in [0, 0.1) is 0 Å². The van der Waals surface area contributed by atoms with Gasteiger partial charge in [-0.05, 0) is 37.2 Å². The van der Waals surface area contributed by atoms with Crippen LogP contribution in [-0.2, 0) is 13.0 Å². The Balaban J connectivity index is 2.15. The minimum absolute atomic E-state index is 0.835. The number of aromatic nitrogens is 3. The van der Waals surface area contributed by atoms with E-state index in [4.69, 9.17) is 4.98 Å². The number of rotatable bonds is 4. The summed E-state index contributed by atoms with van der Waals surface area (Å²) in [5.74, 6) is 0.885. The molecule has 0 aliphatic heterocycles. The number of pyridine rings is 1. The van der Waals surface area contributed by atoms with Crippen molar-refractivity contribution in [2.75, 3.05) is 7.05 Å². The molecular weight excluding hydrogens is 248 g/mol. The highest BCUT2D eigenvalue weighted by Crippen LogP contribution is 2.18. The van der Waals surface area contributed by atoms with E-state index in [2.05, 4.69) is 41.6 Å². The number of fused-ring (bicyclic) bond motifs is 1. The Labute approximate surface area is 118 Å². The summed E-state index contributed by atoms with van der Waals surface area (Å²) < 4.78 is 1.91. The summed E-state index contributed by atoms with van der Waals surface area (Å²) in [5.41, 5.74) is 3.41. The Kier molecular flexibility index (Phi) is 3.48. The molecule has 0 radical (unpaired) electrons. The number of nitrogens with zero attached hydrogens (tertiary/aromatic N) is 3. The van der Waals surface area contributed by atoms with E-state index in [1.54, 1.807) is 0 Å². The zero-order valence-electron chi connectivity index (χ0n) is 11.8. The van der Waals surface area contributed by atoms with Crippen molar-refractivity contribution in [1.29, 1.82) is 0 Å². The molecule has 0 atom stereocenters. The maximum absolute atomic E-state index is 4.70. The van der Waals surface area contributed by atoms with Gasteiger partial charge in [0, 0.05) is 17.6 Å². The minimum atomic E-state index is 0.835. The van der Waals surface area contributed by atoms with Crippen LogP contribution >= 0.6 is 0 Å². The number of hydrogen-bond acceptors (Lipinski definition) is 3. The van der Waals surface area contributed by atoms with Crippen LogP contribution < -0.4 is 5.32 Å². The number of para-hydroxylation sites is 1. The molecule has 0 aliphatic carbocycles. The van der Waals surface area contributed by atoms with Crippen molar-refractivity contribution >= 4 is 10.9 Å². The van der Waals surface area contributed by atoms with Crippen LogP contribution in [0.3, 0.4) is 0 Å². The molecule has 2 aromatic heterocycles. The van der Waals surface area contributed by atoms with Crippen LogP contribution in [0.1, 0.15) is 18.2 Å². The molecule has 0 saturated carbocycles. The van der Waals surface area contributed by atoms with Gasteiger partial charge in [0.25, 0.3) is 0 Å². The SMILES string of the molecule is CCc1cc(CNC)cc(-n2ncc3ccccc32)n1. The first kappa shape index (κ1) is 12.8. The molecule has 2 heterocycles. The maximum atomic E-state index is 4.70. The maximum Gasteiger partial charge on any atom is 0.154 e. The predicted molar refractivity (Wildman–Crippen MR) is 81.0 cm³/mol. The zero-order valence-corrected chi connectivity index (χ0v) is 11.8. The lowest BCUT2D eigenvalue weighted by molar-refractivity contribution is 0.797. The average molecular weight is 266 g/mol. The minimum Gasteiger partial charge on any atom is -0.316 e. The first-order chi connectivity index (χ1) is 9.81. The smallest absolute Gasteiger partial charge is 0.154 e. The van der Waals surface area contributed by atoms with Crippen molar-refractivity contribution < 1.29 is 0 Å². The standard InChI is InChI=1S/C16H18N4/c1-3-14-8-12(10-17-2)9-16(19-14)20-15-7-5-4-6-13(15)11-18-20/h4-9,11,17H,3,10H2,1-2H3. The predicted octanol–water partition coefficient (Wildman–Crippen LogP) is 2.70. The van der Waals surface area contributed by atoms with Gasteiger partial charge in [0.2, 0.25) is 0 Å². The van der Waals surface area contributed by atoms with Crippen LogP contribution in [0.2, 0.25) is 0 Å². The van der Waals surface area contributed by atoms with Gasteiger partial charge in [-0.25, -0.2) is 9.67 Å². The Hall–Kier alpha value is -2.20. The number of hydrogen-bond donors (Lipinski definition) is 1. The summed E-state index contributed by atoms with van der Waals surface area (Å²) >= 11 is 0. The number of aryl methyl sites for hydroxylation is 1. The van der Waals surface area contributed by atoms with Crippen molar-refractivity contribution in [3.8, 4) is 5.82 Å². The summed E-state index contributed by atoms with van der Waals surface area (Å²) in [4.78, 5) is 4.70. The number of nitrogens with one attached hydrogen (secondary N) is 1. The summed E-state index contributed by atoms with van der Waals surface area (Å²) in [6, 6.07) is 12.4. The van der Waals surface area contributed by atoms with Gasteiger partial charge in [-0.1, -0.05) is 25.1 Å². The fourth-order valence-electron chi connectivity index (χ4n) is 2.38. The van der Waals surface area contributed by atoms with E-state index in [1.807, 2.05) is 30.1 Å². The fourth-order valence-corrected chi connectivity index (χ4v) is 2.38. The lowest BCUT2D eigenvalue weighted by Gasteiger charge is -2.08. The van der Waals surface area contributed by atoms with E-state index in [-0.39, 0.29) is 0 Å². The molecule has 20 heavy (non-hydrogen) atoms. The second-order valence-corrected chi connectivity index (χ2v) is 4.82. The summed E-state index contributed by atoms with van der Waals surface area (Å²) in [6.07, 6.45) is 2.80. The number of benzene rings is 1. The molecule has 0 bridgehead atoms. The quantitative estimate of drug-likeness (QED) is 0.789. The molecule has 0 amide bonds. The Bertz CT molecular complexity index is 730. The first-order valence-electron chi connectivity index (χ1n) is 6.89. The van der Waals surface area contributed by atoms with Gasteiger partial charge in [-0.15, -0.1) is 0 Å². The summed E-state index contributed by atoms with van der Waals surface area (Å²) in [6.45, 7) is 2.96. The lowest BCUT2D eigenvalue weighted by Crippen LogP contribution is -2.09. The van der Waals surface area contributed by atoms with Gasteiger partial charge < -0.3 is 5.32 Å². The molecule has 0 fully saturated rings. The largest absolute Gasteiger partial charge is 0.316 e. The highest BCUT2D eigenvalue weighted by molar-refractivity contribution is 5.79. The molecule has 4 nitrogen and oxygen atoms in total. The molecule has 1 aromatic carbocycles. The van der Waals surface area contributed by atoms with Crippen LogP contribution in [-0.4, -0.2) is 21.8 Å². The molecular formula is C16H18N4. The van der Waals surface area contributed by atoms with Crippen molar-refractivity contribution in [2.45, 2.75) is 19.9 Å². The fraction of sp³-hybridized carbons (Fsp3) is 0.250. The van der Waals surface area contributed by atoms with E-state index in [0.29, 0.717) is 0 Å². The van der Waals surface area contributed by atoms with Crippen LogP contribution in [0.4, 0.5) is 0 Å². The lowest BCUT2D eigenvalue weighted by atomic mass is 10.2. The van der Waals surface area contributed by atoms with E-state index in [0.717, 1.165) is 35.4 Å². The van der Waals surface area contributed by atoms with Crippen molar-refractivity contribution in [3.05, 3.63) is 53.9 Å². The van der Waals surface area contributed by atoms with Crippen LogP contribution in [0.5, 0.6) is 0 Å². The average Bonchev–Trinajstić information content (AvgIpc) is 2.91. The van der Waals surface area contributed by atoms with Gasteiger partial charge in [0.05, 0.1) is 11.7 Å². The van der Waals surface area contributed by atoms with E-state index in [9.17, 15) is 0 Å². The van der Waals surface area contributed by atoms with E-state index >= 15 is 0 Å². The third kappa shape index (κ3) is 2.30. The Morgan fingerprint density at radius 1 is 1.20 bits per heavy atom. The highest BCUT2D eigenvalue weighted by atomic mass is 15.3. The molecule has 102 valence electrons. The molecule has 3 aromatic rings. The molecule has 1 N–H and O–H groups in total. The van der Waals surface area contributed by atoms with E-state index in [1.165, 1.54) is 5.56 Å². The summed E-state index contributed by atoms with van der Waals surface area (Å²) in [7, 11) is 1.95. The second-order valence-electron chi connectivity index (χ2n) is 4.82. The zero-order chi connectivity index (χ0) is 13.9. The van der Waals surface area contributed by atoms with Crippen molar-refractivity contribution in [1.82, 2.24) is 20.1 Å².